The minimum atomic E-state index is -1.25. The molecule has 1 fully saturated rings. The second-order valence-electron chi connectivity index (χ2n) is 9.16. The Kier molecular flexibility index (Phi) is 9.12. The predicted octanol–water partition coefficient (Wildman–Crippen LogP) is 0.916. The summed E-state index contributed by atoms with van der Waals surface area (Å²) in [6.07, 6.45) is 1.57. The number of hydrogen-bond acceptors (Lipinski definition) is 10. The Morgan fingerprint density at radius 2 is 1.98 bits per heavy atom. The van der Waals surface area contributed by atoms with Gasteiger partial charge in [0.1, 0.15) is 23.2 Å². The maximum atomic E-state index is 13.5. The summed E-state index contributed by atoms with van der Waals surface area (Å²) >= 11 is 2.57. The average Bonchev–Trinajstić information content (AvgIpc) is 3.39. The molecular formula is C25H28N8O6S2. The van der Waals surface area contributed by atoms with E-state index in [2.05, 4.69) is 26.2 Å². The van der Waals surface area contributed by atoms with Crippen molar-refractivity contribution in [3.63, 3.8) is 0 Å². The minimum Gasteiger partial charge on any atom is -0.477 e. The number of amides is 5. The van der Waals surface area contributed by atoms with Gasteiger partial charge in [0.2, 0.25) is 11.1 Å². The first-order valence-electron chi connectivity index (χ1n) is 12.4. The lowest BCUT2D eigenvalue weighted by molar-refractivity contribution is -0.151. The van der Waals surface area contributed by atoms with Crippen molar-refractivity contribution in [1.29, 1.82) is 0 Å². The molecule has 0 spiro atoms. The molecule has 41 heavy (non-hydrogen) atoms. The maximum Gasteiger partial charge on any atom is 0.352 e. The largest absolute Gasteiger partial charge is 0.477 e. The second kappa shape index (κ2) is 12.6. The van der Waals surface area contributed by atoms with Crippen LogP contribution in [0.1, 0.15) is 25.5 Å². The average molecular weight is 601 g/mol. The number of carboxylic acid groups (broad SMARTS) is 1. The SMILES string of the molecule is C/C=C(\C)C(=O)N(C)C(=O)NC(C(=O)NC1C(=O)N2C(C(=O)O)=C(CSc3nnnn3C)CS[C@@H]12)c1ccccc1. The van der Waals surface area contributed by atoms with Gasteiger partial charge in [-0.05, 0) is 35.4 Å². The quantitative estimate of drug-likeness (QED) is 0.212. The third-order valence-electron chi connectivity index (χ3n) is 6.55. The van der Waals surface area contributed by atoms with Gasteiger partial charge >= 0.3 is 12.0 Å². The number of nitrogens with zero attached hydrogens (tertiary/aromatic N) is 6. The predicted molar refractivity (Wildman–Crippen MR) is 149 cm³/mol. The number of aryl methyl sites for hydroxylation is 1. The fourth-order valence-corrected chi connectivity index (χ4v) is 6.51. The Labute approximate surface area is 243 Å². The van der Waals surface area contributed by atoms with E-state index in [9.17, 15) is 29.1 Å². The molecule has 2 aliphatic rings. The molecule has 0 radical (unpaired) electrons. The molecule has 3 N–H and O–H groups in total. The fraction of sp³-hybridized carbons (Fsp3) is 0.360. The fourth-order valence-electron chi connectivity index (χ4n) is 4.17. The topological polar surface area (TPSA) is 180 Å². The third-order valence-corrected chi connectivity index (χ3v) is 8.98. The lowest BCUT2D eigenvalue weighted by Gasteiger charge is -2.49. The Balaban J connectivity index is 1.50. The number of likely N-dealkylation sites (N-methyl/N-ethyl adjacent to an activating group) is 1. The first-order chi connectivity index (χ1) is 19.5. The van der Waals surface area contributed by atoms with Gasteiger partial charge in [-0.3, -0.25) is 24.2 Å². The van der Waals surface area contributed by atoms with E-state index in [1.807, 2.05) is 0 Å². The number of fused-ring (bicyclic) bond motifs is 1. The van der Waals surface area contributed by atoms with Gasteiger partial charge in [0.15, 0.2) is 0 Å². The van der Waals surface area contributed by atoms with Crippen LogP contribution in [0.5, 0.6) is 0 Å². The van der Waals surface area contributed by atoms with E-state index in [0.29, 0.717) is 27.6 Å². The summed E-state index contributed by atoms with van der Waals surface area (Å²) in [6.45, 7) is 3.24. The molecule has 3 atom stereocenters. The van der Waals surface area contributed by atoms with Gasteiger partial charge in [-0.15, -0.1) is 16.9 Å². The normalized spacial score (nSPS) is 19.2. The number of imide groups is 1. The van der Waals surface area contributed by atoms with Crippen LogP contribution in [0.4, 0.5) is 4.79 Å². The molecule has 16 heteroatoms. The van der Waals surface area contributed by atoms with Gasteiger partial charge in [-0.2, -0.15) is 0 Å². The number of hydrogen-bond donors (Lipinski definition) is 3. The zero-order chi connectivity index (χ0) is 29.8. The van der Waals surface area contributed by atoms with Crippen LogP contribution in [0.25, 0.3) is 0 Å². The highest BCUT2D eigenvalue weighted by atomic mass is 32.2. The van der Waals surface area contributed by atoms with E-state index in [1.165, 1.54) is 40.2 Å². The van der Waals surface area contributed by atoms with Crippen LogP contribution in [0.15, 0.2) is 58.4 Å². The smallest absolute Gasteiger partial charge is 0.352 e. The van der Waals surface area contributed by atoms with E-state index in [1.54, 1.807) is 57.3 Å². The molecule has 14 nitrogen and oxygen atoms in total. The molecule has 0 aliphatic carbocycles. The molecule has 2 aromatic rings. The van der Waals surface area contributed by atoms with E-state index in [4.69, 9.17) is 0 Å². The number of aromatic nitrogens is 4. The zero-order valence-electron chi connectivity index (χ0n) is 22.6. The van der Waals surface area contributed by atoms with E-state index in [0.717, 1.165) is 4.90 Å². The molecule has 3 heterocycles. The van der Waals surface area contributed by atoms with Crippen LogP contribution in [-0.4, -0.2) is 94.8 Å². The van der Waals surface area contributed by atoms with Crippen LogP contribution in [0, 0.1) is 0 Å². The summed E-state index contributed by atoms with van der Waals surface area (Å²) < 4.78 is 1.46. The summed E-state index contributed by atoms with van der Waals surface area (Å²) in [7, 11) is 2.96. The second-order valence-corrected chi connectivity index (χ2v) is 11.2. The minimum absolute atomic E-state index is 0.126. The van der Waals surface area contributed by atoms with Crippen LogP contribution < -0.4 is 10.6 Å². The molecule has 2 unspecified atom stereocenters. The lowest BCUT2D eigenvalue weighted by Crippen LogP contribution is -2.71. The standard InChI is InChI=1S/C25H28N8O6S2/c1-5-13(2)20(35)31(3)24(39)27-16(14-9-7-6-8-10-14)19(34)26-17-21(36)33-18(23(37)38)15(11-40-22(17)33)12-41-25-28-29-30-32(25)4/h5-10,16-17,22H,11-12H2,1-4H3,(H,26,34)(H,27,39)(H,37,38)/b13-5+/t16?,17?,22-/m0/s1. The number of nitrogens with one attached hydrogen (secondary N) is 2. The molecule has 1 aromatic heterocycles. The first kappa shape index (κ1) is 29.8. The van der Waals surface area contributed by atoms with E-state index >= 15 is 0 Å². The van der Waals surface area contributed by atoms with Crippen molar-refractivity contribution >= 4 is 53.2 Å². The maximum absolute atomic E-state index is 13.5. The number of rotatable bonds is 9. The van der Waals surface area contributed by atoms with Gasteiger partial charge in [-0.1, -0.05) is 48.2 Å². The Bertz CT molecular complexity index is 1440. The number of allylic oxidation sites excluding steroid dienone is 1. The van der Waals surface area contributed by atoms with Crippen molar-refractivity contribution in [2.45, 2.75) is 36.5 Å². The number of carbonyl (C=O) groups excluding carboxylic acids is 4. The van der Waals surface area contributed by atoms with E-state index < -0.39 is 47.2 Å². The van der Waals surface area contributed by atoms with Crippen LogP contribution >= 0.6 is 23.5 Å². The number of carbonyl (C=O) groups is 5. The number of β-lactam (4-membered cyclic amide) rings is 1. The number of aliphatic carboxylic acids is 1. The molecule has 1 saturated heterocycles. The highest BCUT2D eigenvalue weighted by Crippen LogP contribution is 2.41. The Morgan fingerprint density at radius 1 is 1.27 bits per heavy atom. The highest BCUT2D eigenvalue weighted by molar-refractivity contribution is 8.01. The first-order valence-corrected chi connectivity index (χ1v) is 14.4. The number of benzene rings is 1. The van der Waals surface area contributed by atoms with Gasteiger partial charge in [0, 0.05) is 31.2 Å². The summed E-state index contributed by atoms with van der Waals surface area (Å²) in [4.78, 5) is 66.2. The molecule has 216 valence electrons. The molecule has 0 bridgehead atoms. The summed E-state index contributed by atoms with van der Waals surface area (Å²) in [6, 6.07) is 5.36. The van der Waals surface area contributed by atoms with Gasteiger partial charge in [0.05, 0.1) is 0 Å². The third kappa shape index (κ3) is 6.12. The summed E-state index contributed by atoms with van der Waals surface area (Å²) in [5.74, 6) is -2.46. The van der Waals surface area contributed by atoms with Crippen LogP contribution in [-0.2, 0) is 26.2 Å². The lowest BCUT2D eigenvalue weighted by atomic mass is 10.0. The van der Waals surface area contributed by atoms with Gasteiger partial charge in [-0.25, -0.2) is 14.3 Å². The van der Waals surface area contributed by atoms with Crippen molar-refractivity contribution in [2.75, 3.05) is 18.6 Å². The van der Waals surface area contributed by atoms with Crippen molar-refractivity contribution in [1.82, 2.24) is 40.6 Å². The van der Waals surface area contributed by atoms with Crippen molar-refractivity contribution in [3.8, 4) is 0 Å². The van der Waals surface area contributed by atoms with Gasteiger partial charge in [0.25, 0.3) is 11.8 Å². The molecule has 0 saturated carbocycles. The van der Waals surface area contributed by atoms with Gasteiger partial charge < -0.3 is 15.7 Å². The van der Waals surface area contributed by atoms with Crippen molar-refractivity contribution in [2.24, 2.45) is 7.05 Å². The molecule has 4 rings (SSSR count). The van der Waals surface area contributed by atoms with Crippen molar-refractivity contribution in [3.05, 3.63) is 58.8 Å². The van der Waals surface area contributed by atoms with Crippen LogP contribution in [0.2, 0.25) is 0 Å². The molecule has 2 aliphatic heterocycles. The summed E-state index contributed by atoms with van der Waals surface area (Å²) in [5, 5.41) is 26.2. The zero-order valence-corrected chi connectivity index (χ0v) is 24.2. The van der Waals surface area contributed by atoms with Crippen LogP contribution in [0.3, 0.4) is 0 Å². The number of urea groups is 1. The number of carboxylic acids is 1. The highest BCUT2D eigenvalue weighted by Gasteiger charge is 2.54. The summed E-state index contributed by atoms with van der Waals surface area (Å²) in [5.41, 5.74) is 1.19. The number of tetrazole rings is 1. The number of thioether (sulfide) groups is 2. The monoisotopic (exact) mass is 600 g/mol. The molecular weight excluding hydrogens is 572 g/mol. The molecule has 1 aromatic carbocycles. The Hall–Kier alpha value is -4.18. The Morgan fingerprint density at radius 3 is 2.59 bits per heavy atom. The molecule has 5 amide bonds. The van der Waals surface area contributed by atoms with Crippen molar-refractivity contribution < 1.29 is 29.1 Å². The van der Waals surface area contributed by atoms with E-state index in [-0.39, 0.29) is 11.4 Å².